The molecule has 21 heavy (non-hydrogen) atoms. The summed E-state index contributed by atoms with van der Waals surface area (Å²) in [5.41, 5.74) is 0.298. The van der Waals surface area contributed by atoms with E-state index >= 15 is 0 Å². The predicted octanol–water partition coefficient (Wildman–Crippen LogP) is 2.60. The van der Waals surface area contributed by atoms with Gasteiger partial charge in [-0.05, 0) is 39.7 Å². The van der Waals surface area contributed by atoms with E-state index in [1.807, 2.05) is 12.2 Å². The van der Waals surface area contributed by atoms with Gasteiger partial charge in [0.15, 0.2) is 0 Å². The second-order valence-electron chi connectivity index (χ2n) is 5.89. The van der Waals surface area contributed by atoms with E-state index in [0.717, 1.165) is 11.3 Å². The number of alkyl carbamates (subject to hydrolysis) is 1. The zero-order chi connectivity index (χ0) is 16.0. The smallest absolute Gasteiger partial charge is 0.408 e. The fourth-order valence-electron chi connectivity index (χ4n) is 1.90. The van der Waals surface area contributed by atoms with Crippen molar-refractivity contribution in [3.05, 3.63) is 23.5 Å². The fourth-order valence-corrected chi connectivity index (χ4v) is 1.90. The molecular weight excluding hydrogens is 274 g/mol. The molecule has 0 aromatic rings. The van der Waals surface area contributed by atoms with Crippen LogP contribution in [0.1, 0.15) is 40.0 Å². The third kappa shape index (κ3) is 6.33. The van der Waals surface area contributed by atoms with Gasteiger partial charge >= 0.3 is 12.1 Å². The molecule has 0 aromatic heterocycles. The molecule has 0 heterocycles. The molecular formula is C15H23NO5. The molecule has 0 spiro atoms. The maximum absolute atomic E-state index is 11.7. The van der Waals surface area contributed by atoms with Crippen molar-refractivity contribution in [2.24, 2.45) is 0 Å². The quantitative estimate of drug-likeness (QED) is 0.762. The van der Waals surface area contributed by atoms with Gasteiger partial charge in [0.1, 0.15) is 11.6 Å². The summed E-state index contributed by atoms with van der Waals surface area (Å²) >= 11 is 0. The molecule has 0 saturated heterocycles. The molecule has 1 unspecified atom stereocenters. The summed E-state index contributed by atoms with van der Waals surface area (Å²) in [4.78, 5) is 22.9. The summed E-state index contributed by atoms with van der Waals surface area (Å²) < 4.78 is 10.2. The monoisotopic (exact) mass is 297 g/mol. The number of carboxylic acids is 1. The Bertz CT molecular complexity index is 459. The van der Waals surface area contributed by atoms with Crippen molar-refractivity contribution in [3.63, 3.8) is 0 Å². The summed E-state index contributed by atoms with van der Waals surface area (Å²) in [5, 5.41) is 11.6. The van der Waals surface area contributed by atoms with Gasteiger partial charge in [-0.25, -0.2) is 9.59 Å². The number of hydrogen-bond acceptors (Lipinski definition) is 4. The predicted molar refractivity (Wildman–Crippen MR) is 77.8 cm³/mol. The topological polar surface area (TPSA) is 84.9 Å². The van der Waals surface area contributed by atoms with Gasteiger partial charge in [-0.3, -0.25) is 0 Å². The Labute approximate surface area is 124 Å². The Morgan fingerprint density at radius 3 is 2.43 bits per heavy atom. The maximum atomic E-state index is 11.7. The summed E-state index contributed by atoms with van der Waals surface area (Å²) in [6.45, 7) is 5.18. The number of methoxy groups -OCH3 is 1. The lowest BCUT2D eigenvalue weighted by atomic mass is 9.98. The summed E-state index contributed by atoms with van der Waals surface area (Å²) in [6.07, 6.45) is 4.66. The lowest BCUT2D eigenvalue weighted by molar-refractivity contribution is -0.139. The number of rotatable bonds is 5. The highest BCUT2D eigenvalue weighted by atomic mass is 16.6. The van der Waals surface area contributed by atoms with Crippen molar-refractivity contribution in [3.8, 4) is 0 Å². The van der Waals surface area contributed by atoms with Crippen LogP contribution in [0.5, 0.6) is 0 Å². The SMILES string of the molecule is COC1=CCC(CC(NC(=O)OC(C)(C)C)C(=O)O)=CC1. The second kappa shape index (κ2) is 7.15. The number of carbonyl (C=O) groups is 2. The first-order chi connectivity index (χ1) is 9.71. The number of carbonyl (C=O) groups excluding carboxylic acids is 1. The van der Waals surface area contributed by atoms with Crippen LogP contribution in [0, 0.1) is 0 Å². The lowest BCUT2D eigenvalue weighted by Crippen LogP contribution is -2.43. The van der Waals surface area contributed by atoms with E-state index < -0.39 is 23.7 Å². The highest BCUT2D eigenvalue weighted by molar-refractivity contribution is 5.80. The van der Waals surface area contributed by atoms with Crippen LogP contribution < -0.4 is 5.32 Å². The van der Waals surface area contributed by atoms with E-state index in [9.17, 15) is 14.7 Å². The standard InChI is InChI=1S/C15H23NO5/c1-15(2,3)21-14(19)16-12(13(17)18)9-10-5-7-11(20-4)8-6-10/h5,8,12H,6-7,9H2,1-4H3,(H,16,19)(H,17,18). The Hall–Kier alpha value is -1.98. The Balaban J connectivity index is 2.58. The molecule has 1 aliphatic carbocycles. The molecule has 1 atom stereocenters. The van der Waals surface area contributed by atoms with Crippen LogP contribution in [0.15, 0.2) is 23.5 Å². The fraction of sp³-hybridized carbons (Fsp3) is 0.600. The van der Waals surface area contributed by atoms with Crippen LogP contribution in [-0.4, -0.2) is 35.9 Å². The van der Waals surface area contributed by atoms with Gasteiger partial charge in [-0.2, -0.15) is 0 Å². The normalized spacial score (nSPS) is 16.4. The zero-order valence-corrected chi connectivity index (χ0v) is 12.9. The van der Waals surface area contributed by atoms with E-state index in [2.05, 4.69) is 5.32 Å². The third-order valence-corrected chi connectivity index (χ3v) is 2.90. The maximum Gasteiger partial charge on any atom is 0.408 e. The van der Waals surface area contributed by atoms with Gasteiger partial charge in [-0.15, -0.1) is 0 Å². The van der Waals surface area contributed by atoms with Crippen molar-refractivity contribution in [1.82, 2.24) is 5.32 Å². The molecule has 1 aliphatic rings. The molecule has 1 amide bonds. The number of nitrogens with one attached hydrogen (secondary N) is 1. The van der Waals surface area contributed by atoms with Crippen molar-refractivity contribution in [1.29, 1.82) is 0 Å². The Morgan fingerprint density at radius 2 is 2.00 bits per heavy atom. The number of allylic oxidation sites excluding steroid dienone is 2. The number of carboxylic acid groups (broad SMARTS) is 1. The van der Waals surface area contributed by atoms with E-state index in [1.165, 1.54) is 0 Å². The molecule has 118 valence electrons. The molecule has 0 saturated carbocycles. The average molecular weight is 297 g/mol. The van der Waals surface area contributed by atoms with Crippen molar-refractivity contribution < 1.29 is 24.2 Å². The van der Waals surface area contributed by atoms with Gasteiger partial charge in [0.2, 0.25) is 0 Å². The zero-order valence-electron chi connectivity index (χ0n) is 12.9. The highest BCUT2D eigenvalue weighted by Gasteiger charge is 2.25. The molecule has 0 fully saturated rings. The number of hydrogen-bond donors (Lipinski definition) is 2. The minimum absolute atomic E-state index is 0.252. The minimum atomic E-state index is -1.08. The van der Waals surface area contributed by atoms with Crippen LogP contribution in [0.25, 0.3) is 0 Å². The lowest BCUT2D eigenvalue weighted by Gasteiger charge is -2.23. The van der Waals surface area contributed by atoms with Crippen LogP contribution in [0.3, 0.4) is 0 Å². The highest BCUT2D eigenvalue weighted by Crippen LogP contribution is 2.21. The molecule has 0 aromatic carbocycles. The van der Waals surface area contributed by atoms with E-state index in [0.29, 0.717) is 12.8 Å². The van der Waals surface area contributed by atoms with Crippen LogP contribution in [0.2, 0.25) is 0 Å². The summed E-state index contributed by atoms with van der Waals surface area (Å²) in [5.74, 6) is -0.214. The van der Waals surface area contributed by atoms with Gasteiger partial charge in [0, 0.05) is 6.42 Å². The van der Waals surface area contributed by atoms with Crippen LogP contribution >= 0.6 is 0 Å². The summed E-state index contributed by atoms with van der Waals surface area (Å²) in [6, 6.07) is -0.997. The largest absolute Gasteiger partial charge is 0.501 e. The minimum Gasteiger partial charge on any atom is -0.501 e. The first-order valence-electron chi connectivity index (χ1n) is 6.84. The Kier molecular flexibility index (Phi) is 5.81. The van der Waals surface area contributed by atoms with Crippen LogP contribution in [0.4, 0.5) is 4.79 Å². The van der Waals surface area contributed by atoms with Crippen molar-refractivity contribution in [2.75, 3.05) is 7.11 Å². The van der Waals surface area contributed by atoms with Crippen molar-refractivity contribution in [2.45, 2.75) is 51.7 Å². The van der Waals surface area contributed by atoms with Gasteiger partial charge in [0.05, 0.1) is 12.9 Å². The first-order valence-corrected chi connectivity index (χ1v) is 6.84. The third-order valence-electron chi connectivity index (χ3n) is 2.90. The number of amides is 1. The molecule has 0 bridgehead atoms. The number of ether oxygens (including phenoxy) is 2. The van der Waals surface area contributed by atoms with Gasteiger partial charge in [0.25, 0.3) is 0 Å². The molecule has 2 N–H and O–H groups in total. The van der Waals surface area contributed by atoms with E-state index in [1.54, 1.807) is 27.9 Å². The molecule has 1 rings (SSSR count). The average Bonchev–Trinajstić information content (AvgIpc) is 2.36. The first kappa shape index (κ1) is 17.1. The molecule has 6 heteroatoms. The van der Waals surface area contributed by atoms with E-state index in [-0.39, 0.29) is 6.42 Å². The molecule has 0 radical (unpaired) electrons. The number of aliphatic carboxylic acids is 1. The van der Waals surface area contributed by atoms with Crippen molar-refractivity contribution >= 4 is 12.1 Å². The van der Waals surface area contributed by atoms with Gasteiger partial charge in [-0.1, -0.05) is 11.6 Å². The van der Waals surface area contributed by atoms with E-state index in [4.69, 9.17) is 9.47 Å². The van der Waals surface area contributed by atoms with Crippen LogP contribution in [-0.2, 0) is 14.3 Å². The second-order valence-corrected chi connectivity index (χ2v) is 5.89. The Morgan fingerprint density at radius 1 is 1.33 bits per heavy atom. The summed E-state index contributed by atoms with van der Waals surface area (Å²) in [7, 11) is 1.61. The molecule has 0 aliphatic heterocycles. The molecule has 6 nitrogen and oxygen atoms in total. The van der Waals surface area contributed by atoms with Gasteiger partial charge < -0.3 is 19.9 Å².